The van der Waals surface area contributed by atoms with Gasteiger partial charge in [0, 0.05) is 18.8 Å². The van der Waals surface area contributed by atoms with Crippen LogP contribution in [0.5, 0.6) is 0 Å². The summed E-state index contributed by atoms with van der Waals surface area (Å²) in [4.78, 5) is 45.8. The zero-order valence-electron chi connectivity index (χ0n) is 22.7. The van der Waals surface area contributed by atoms with E-state index in [0.29, 0.717) is 24.5 Å². The summed E-state index contributed by atoms with van der Waals surface area (Å²) in [5.41, 5.74) is 1.11. The van der Waals surface area contributed by atoms with Crippen molar-refractivity contribution in [1.29, 1.82) is 0 Å². The summed E-state index contributed by atoms with van der Waals surface area (Å²) < 4.78 is 0. The molecular formula is C29H50O4. The van der Waals surface area contributed by atoms with Crippen LogP contribution in [-0.4, -0.2) is 23.1 Å². The van der Waals surface area contributed by atoms with Gasteiger partial charge in [-0.3, -0.25) is 14.4 Å². The minimum atomic E-state index is -0.0541. The highest BCUT2D eigenvalue weighted by Crippen LogP contribution is 2.33. The molecule has 3 unspecified atom stereocenters. The molecule has 1 rings (SSSR count). The van der Waals surface area contributed by atoms with Crippen molar-refractivity contribution in [3.05, 3.63) is 23.8 Å². The highest BCUT2D eigenvalue weighted by atomic mass is 16.1. The zero-order valence-corrected chi connectivity index (χ0v) is 22.7. The van der Waals surface area contributed by atoms with Crippen molar-refractivity contribution >= 4 is 23.1 Å². The Kier molecular flexibility index (Phi) is 21.0. The fourth-order valence-electron chi connectivity index (χ4n) is 4.21. The van der Waals surface area contributed by atoms with Gasteiger partial charge in [0.15, 0.2) is 0 Å². The number of rotatable bonds is 9. The van der Waals surface area contributed by atoms with E-state index in [1.165, 1.54) is 27.2 Å². The molecule has 0 radical (unpaired) electrons. The van der Waals surface area contributed by atoms with Crippen LogP contribution in [0.3, 0.4) is 0 Å². The van der Waals surface area contributed by atoms with Gasteiger partial charge < -0.3 is 4.79 Å². The Hall–Kier alpha value is -1.84. The van der Waals surface area contributed by atoms with Crippen molar-refractivity contribution in [3.63, 3.8) is 0 Å². The van der Waals surface area contributed by atoms with Gasteiger partial charge in [-0.25, -0.2) is 0 Å². The summed E-state index contributed by atoms with van der Waals surface area (Å²) in [5.74, 6) is 1.05. The molecule has 1 aliphatic rings. The number of ketones is 4. The molecule has 0 heterocycles. The molecule has 0 aromatic carbocycles. The number of carbonyl (C=O) groups is 4. The summed E-state index contributed by atoms with van der Waals surface area (Å²) in [6.45, 7) is 15.0. The van der Waals surface area contributed by atoms with Gasteiger partial charge in [0.25, 0.3) is 0 Å². The van der Waals surface area contributed by atoms with Crippen LogP contribution in [0.15, 0.2) is 23.8 Å². The highest BCUT2D eigenvalue weighted by Gasteiger charge is 2.29. The SMILES string of the molecule is CC(C)=O.CCC.CCCC(CC1CC/C=C\C=C(\C)CC(=O)C1)C(CC)C(=O)CC(C)=O. The third-order valence-corrected chi connectivity index (χ3v) is 5.39. The Morgan fingerprint density at radius 2 is 1.64 bits per heavy atom. The Bertz CT molecular complexity index is 638. The molecule has 4 heteroatoms. The first-order valence-corrected chi connectivity index (χ1v) is 12.8. The maximum atomic E-state index is 12.6. The van der Waals surface area contributed by atoms with Gasteiger partial charge >= 0.3 is 0 Å². The molecule has 0 aromatic rings. The van der Waals surface area contributed by atoms with E-state index in [1.807, 2.05) is 19.9 Å². The van der Waals surface area contributed by atoms with Crippen LogP contribution in [0.4, 0.5) is 0 Å². The van der Waals surface area contributed by atoms with Crippen LogP contribution in [0.25, 0.3) is 0 Å². The molecule has 1 aliphatic carbocycles. The molecule has 0 aromatic heterocycles. The van der Waals surface area contributed by atoms with E-state index in [0.717, 1.165) is 44.1 Å². The molecule has 33 heavy (non-hydrogen) atoms. The fraction of sp³-hybridized carbons (Fsp3) is 0.724. The molecule has 0 saturated heterocycles. The number of hydrogen-bond acceptors (Lipinski definition) is 4. The summed E-state index contributed by atoms with van der Waals surface area (Å²) in [6, 6.07) is 0. The lowest BCUT2D eigenvalue weighted by atomic mass is 9.75. The molecule has 0 N–H and O–H groups in total. The zero-order chi connectivity index (χ0) is 25.8. The molecule has 190 valence electrons. The Morgan fingerprint density at radius 1 is 1.06 bits per heavy atom. The van der Waals surface area contributed by atoms with Crippen molar-refractivity contribution in [2.75, 3.05) is 0 Å². The lowest BCUT2D eigenvalue weighted by molar-refractivity contribution is -0.130. The van der Waals surface area contributed by atoms with Crippen molar-refractivity contribution in [2.45, 2.75) is 120 Å². The Labute approximate surface area is 203 Å². The third kappa shape index (κ3) is 19.3. The molecule has 0 bridgehead atoms. The van der Waals surface area contributed by atoms with E-state index in [4.69, 9.17) is 0 Å². The molecule has 0 amide bonds. The van der Waals surface area contributed by atoms with Crippen LogP contribution >= 0.6 is 0 Å². The van der Waals surface area contributed by atoms with Gasteiger partial charge in [0.1, 0.15) is 23.1 Å². The predicted octanol–water partition coefficient (Wildman–Crippen LogP) is 7.64. The minimum Gasteiger partial charge on any atom is -0.300 e. The lowest BCUT2D eigenvalue weighted by Gasteiger charge is -2.29. The number of hydrogen-bond donors (Lipinski definition) is 0. The smallest absolute Gasteiger partial charge is 0.143 e. The molecule has 0 saturated carbocycles. The average Bonchev–Trinajstić information content (AvgIpc) is 2.67. The molecule has 0 fully saturated rings. The normalized spacial score (nSPS) is 20.4. The predicted molar refractivity (Wildman–Crippen MR) is 139 cm³/mol. The molecule has 0 aliphatic heterocycles. The number of Topliss-reactive ketones (excluding diaryl/α,β-unsaturated/α-hetero) is 4. The van der Waals surface area contributed by atoms with Crippen molar-refractivity contribution in [2.24, 2.45) is 17.8 Å². The maximum Gasteiger partial charge on any atom is 0.143 e. The average molecular weight is 463 g/mol. The maximum absolute atomic E-state index is 12.6. The highest BCUT2D eigenvalue weighted by molar-refractivity contribution is 5.99. The van der Waals surface area contributed by atoms with Gasteiger partial charge in [-0.1, -0.05) is 70.8 Å². The molecular weight excluding hydrogens is 412 g/mol. The van der Waals surface area contributed by atoms with Gasteiger partial charge in [-0.15, -0.1) is 0 Å². The second-order valence-corrected chi connectivity index (χ2v) is 9.56. The topological polar surface area (TPSA) is 68.3 Å². The van der Waals surface area contributed by atoms with E-state index >= 15 is 0 Å². The monoisotopic (exact) mass is 462 g/mol. The summed E-state index contributed by atoms with van der Waals surface area (Å²) in [7, 11) is 0. The second kappa shape index (κ2) is 20.7. The second-order valence-electron chi connectivity index (χ2n) is 9.56. The van der Waals surface area contributed by atoms with Crippen LogP contribution in [0.1, 0.15) is 120 Å². The van der Waals surface area contributed by atoms with Crippen LogP contribution in [0, 0.1) is 17.8 Å². The first-order valence-electron chi connectivity index (χ1n) is 12.8. The third-order valence-electron chi connectivity index (χ3n) is 5.39. The summed E-state index contributed by atoms with van der Waals surface area (Å²) in [5, 5.41) is 0. The molecule has 0 spiro atoms. The summed E-state index contributed by atoms with van der Waals surface area (Å²) >= 11 is 0. The summed E-state index contributed by atoms with van der Waals surface area (Å²) in [6.07, 6.45) is 14.4. The van der Waals surface area contributed by atoms with E-state index in [1.54, 1.807) is 0 Å². The van der Waals surface area contributed by atoms with E-state index in [-0.39, 0.29) is 35.6 Å². The van der Waals surface area contributed by atoms with Crippen molar-refractivity contribution in [1.82, 2.24) is 0 Å². The van der Waals surface area contributed by atoms with Crippen LogP contribution in [-0.2, 0) is 19.2 Å². The van der Waals surface area contributed by atoms with Gasteiger partial charge in [0.05, 0.1) is 6.42 Å². The van der Waals surface area contributed by atoms with Gasteiger partial charge in [0.2, 0.25) is 0 Å². The fourth-order valence-corrected chi connectivity index (χ4v) is 4.21. The molecule has 4 nitrogen and oxygen atoms in total. The quantitative estimate of drug-likeness (QED) is 0.330. The lowest BCUT2D eigenvalue weighted by Crippen LogP contribution is -2.27. The van der Waals surface area contributed by atoms with E-state index in [2.05, 4.69) is 32.9 Å². The standard InChI is InChI=1S/C23H36O3.C3H6O.C3H8/c1-5-10-20(22(6-2)23(26)14-18(4)24)15-19-12-9-7-8-11-17(3)13-21(25)16-19;1-3(2)4;1-3-2/h7-8,11,19-20,22H,5-6,9-10,12-16H2,1-4H3;1-2H3;3H2,1-2H3/b8-7-,17-11-;;. The van der Waals surface area contributed by atoms with Crippen LogP contribution in [0.2, 0.25) is 0 Å². The van der Waals surface area contributed by atoms with Crippen molar-refractivity contribution in [3.8, 4) is 0 Å². The van der Waals surface area contributed by atoms with Gasteiger partial charge in [-0.05, 0) is 65.2 Å². The van der Waals surface area contributed by atoms with E-state index in [9.17, 15) is 19.2 Å². The van der Waals surface area contributed by atoms with Crippen molar-refractivity contribution < 1.29 is 19.2 Å². The number of allylic oxidation sites excluding steroid dienone is 4. The van der Waals surface area contributed by atoms with E-state index < -0.39 is 0 Å². The largest absolute Gasteiger partial charge is 0.300 e. The first kappa shape index (κ1) is 33.3. The Balaban J connectivity index is 0. The van der Waals surface area contributed by atoms with Crippen LogP contribution < -0.4 is 0 Å². The minimum absolute atomic E-state index is 0.0506. The molecule has 3 atom stereocenters. The number of carbonyl (C=O) groups excluding carboxylic acids is 4. The Morgan fingerprint density at radius 3 is 2.12 bits per heavy atom. The first-order chi connectivity index (χ1) is 15.5. The van der Waals surface area contributed by atoms with Gasteiger partial charge in [-0.2, -0.15) is 0 Å².